The van der Waals surface area contributed by atoms with Crippen LogP contribution in [0.2, 0.25) is 0 Å². The number of carbonyl (C=O) groups excluding carboxylic acids is 1. The highest BCUT2D eigenvalue weighted by atomic mass is 19.1. The molecule has 1 aromatic carbocycles. The zero-order valence-corrected chi connectivity index (χ0v) is 16.8. The summed E-state index contributed by atoms with van der Waals surface area (Å²) < 4.78 is 20.3. The monoisotopic (exact) mass is 392 g/mol. The molecule has 2 aromatic rings. The summed E-state index contributed by atoms with van der Waals surface area (Å²) in [5, 5.41) is 4.60. The minimum Gasteiger partial charge on any atom is -0.469 e. The number of methoxy groups -OCH3 is 1. The maximum absolute atomic E-state index is 13.3. The van der Waals surface area contributed by atoms with Gasteiger partial charge in [-0.3, -0.25) is 4.79 Å². The molecule has 1 fully saturated rings. The average molecular weight is 392 g/mol. The largest absolute Gasteiger partial charge is 0.469 e. The first kappa shape index (κ1) is 18.3. The number of esters is 1. The number of nitrogens with zero attached hydrogens (tertiary/aromatic N) is 2. The second-order valence-electron chi connectivity index (χ2n) is 8.63. The van der Waals surface area contributed by atoms with E-state index in [-0.39, 0.29) is 29.0 Å². The molecular weight excluding hydrogens is 367 g/mol. The first-order valence-electron chi connectivity index (χ1n) is 10.3. The number of ether oxygens (including phenoxy) is 1. The van der Waals surface area contributed by atoms with Crippen molar-refractivity contribution in [3.63, 3.8) is 0 Å². The van der Waals surface area contributed by atoms with Crippen LogP contribution < -0.4 is 0 Å². The van der Waals surface area contributed by atoms with Gasteiger partial charge in [-0.1, -0.05) is 24.1 Å². The maximum Gasteiger partial charge on any atom is 0.309 e. The molecule has 3 aliphatic carbocycles. The average Bonchev–Trinajstić information content (AvgIpc) is 3.13. The van der Waals surface area contributed by atoms with E-state index in [1.807, 2.05) is 10.9 Å². The molecule has 5 rings (SSSR count). The van der Waals surface area contributed by atoms with Crippen LogP contribution in [-0.2, 0) is 16.0 Å². The molecule has 29 heavy (non-hydrogen) atoms. The van der Waals surface area contributed by atoms with Gasteiger partial charge >= 0.3 is 5.97 Å². The lowest BCUT2D eigenvalue weighted by Gasteiger charge is -2.48. The Morgan fingerprint density at radius 2 is 2.07 bits per heavy atom. The molecule has 5 heteroatoms. The predicted octanol–water partition coefficient (Wildman–Crippen LogP) is 4.88. The Hall–Kier alpha value is -2.69. The third-order valence-electron chi connectivity index (χ3n) is 7.11. The van der Waals surface area contributed by atoms with Gasteiger partial charge in [-0.15, -0.1) is 0 Å². The summed E-state index contributed by atoms with van der Waals surface area (Å²) in [5.41, 5.74) is 5.88. The second kappa shape index (κ2) is 6.68. The van der Waals surface area contributed by atoms with Crippen molar-refractivity contribution < 1.29 is 13.9 Å². The minimum atomic E-state index is -0.247. The number of halogens is 1. The third kappa shape index (κ3) is 2.78. The van der Waals surface area contributed by atoms with E-state index >= 15 is 0 Å². The highest BCUT2D eigenvalue weighted by molar-refractivity contribution is 5.74. The van der Waals surface area contributed by atoms with E-state index in [0.717, 1.165) is 43.5 Å². The standard InChI is InChI=1S/C24H25FN2O2/c1-24-13-15-14-26-27(18-9-7-17(25)8-10-18)22(15)12-16(24)6-11-19-20(23(28)29-2)4-3-5-21(19)24/h5,7-10,12,14,19-20H,3-4,6,11,13H2,1-2H3/t19-,20-,24-/m0/s1. The fraction of sp³-hybridized carbons (Fsp3) is 0.417. The molecule has 0 unspecified atom stereocenters. The van der Waals surface area contributed by atoms with Crippen molar-refractivity contribution in [3.8, 4) is 5.69 Å². The number of aromatic nitrogens is 2. The van der Waals surface area contributed by atoms with Crippen molar-refractivity contribution in [1.29, 1.82) is 0 Å². The van der Waals surface area contributed by atoms with Gasteiger partial charge < -0.3 is 4.74 Å². The number of rotatable bonds is 2. The maximum atomic E-state index is 13.3. The van der Waals surface area contributed by atoms with Crippen LogP contribution in [0.3, 0.4) is 0 Å². The lowest BCUT2D eigenvalue weighted by Crippen LogP contribution is -2.41. The van der Waals surface area contributed by atoms with Crippen molar-refractivity contribution in [2.45, 2.75) is 39.0 Å². The Morgan fingerprint density at radius 3 is 2.83 bits per heavy atom. The van der Waals surface area contributed by atoms with Crippen LogP contribution in [0, 0.1) is 23.1 Å². The van der Waals surface area contributed by atoms with Crippen molar-refractivity contribution in [2.24, 2.45) is 17.3 Å². The van der Waals surface area contributed by atoms with Crippen LogP contribution in [0.25, 0.3) is 11.8 Å². The molecule has 1 aromatic heterocycles. The van der Waals surface area contributed by atoms with Gasteiger partial charge in [-0.05, 0) is 73.9 Å². The summed E-state index contributed by atoms with van der Waals surface area (Å²) in [6.45, 7) is 2.31. The highest BCUT2D eigenvalue weighted by Crippen LogP contribution is 2.56. The van der Waals surface area contributed by atoms with E-state index in [1.165, 1.54) is 36.0 Å². The Kier molecular flexibility index (Phi) is 4.23. The van der Waals surface area contributed by atoms with Gasteiger partial charge in [0.15, 0.2) is 0 Å². The molecular formula is C24H25FN2O2. The number of benzene rings is 1. The molecule has 150 valence electrons. The summed E-state index contributed by atoms with van der Waals surface area (Å²) in [4.78, 5) is 12.4. The van der Waals surface area contributed by atoms with E-state index in [9.17, 15) is 9.18 Å². The zero-order valence-electron chi connectivity index (χ0n) is 16.8. The summed E-state index contributed by atoms with van der Waals surface area (Å²) in [6.07, 6.45) is 11.2. The van der Waals surface area contributed by atoms with Crippen molar-refractivity contribution in [1.82, 2.24) is 9.78 Å². The van der Waals surface area contributed by atoms with Crippen LogP contribution >= 0.6 is 0 Å². The van der Waals surface area contributed by atoms with E-state index in [2.05, 4.69) is 24.2 Å². The SMILES string of the molecule is COC(=O)[C@H]1CCC=C2[C@H]1CCC1=Cc3c(cnn3-c3ccc(F)cc3)C[C@@]12C. The number of allylic oxidation sites excluding steroid dienone is 3. The molecule has 1 heterocycles. The van der Waals surface area contributed by atoms with Crippen LogP contribution in [0.15, 0.2) is 47.7 Å². The van der Waals surface area contributed by atoms with Crippen LogP contribution in [0.1, 0.15) is 43.9 Å². The van der Waals surface area contributed by atoms with Gasteiger partial charge in [0, 0.05) is 5.41 Å². The molecule has 0 amide bonds. The Morgan fingerprint density at radius 1 is 1.28 bits per heavy atom. The lowest BCUT2D eigenvalue weighted by atomic mass is 9.55. The fourth-order valence-electron chi connectivity index (χ4n) is 5.65. The van der Waals surface area contributed by atoms with Gasteiger partial charge in [0.1, 0.15) is 5.82 Å². The summed E-state index contributed by atoms with van der Waals surface area (Å²) in [7, 11) is 1.49. The third-order valence-corrected chi connectivity index (χ3v) is 7.11. The Balaban J connectivity index is 1.54. The van der Waals surface area contributed by atoms with E-state index in [1.54, 1.807) is 12.1 Å². The first-order valence-corrected chi connectivity index (χ1v) is 10.3. The quantitative estimate of drug-likeness (QED) is 0.541. The van der Waals surface area contributed by atoms with Gasteiger partial charge in [0.25, 0.3) is 0 Å². The van der Waals surface area contributed by atoms with E-state index in [0.29, 0.717) is 0 Å². The normalized spacial score (nSPS) is 27.8. The summed E-state index contributed by atoms with van der Waals surface area (Å²) >= 11 is 0. The van der Waals surface area contributed by atoms with Gasteiger partial charge in [0.2, 0.25) is 0 Å². The summed E-state index contributed by atoms with van der Waals surface area (Å²) in [6, 6.07) is 6.45. The topological polar surface area (TPSA) is 44.1 Å². The van der Waals surface area contributed by atoms with Crippen molar-refractivity contribution in [3.05, 3.63) is 64.8 Å². The molecule has 1 saturated carbocycles. The first-order chi connectivity index (χ1) is 14.0. The second-order valence-corrected chi connectivity index (χ2v) is 8.63. The van der Waals surface area contributed by atoms with Gasteiger partial charge in [0.05, 0.1) is 30.6 Å². The minimum absolute atomic E-state index is 0.0262. The molecule has 3 atom stereocenters. The van der Waals surface area contributed by atoms with Crippen molar-refractivity contribution in [2.75, 3.05) is 7.11 Å². The van der Waals surface area contributed by atoms with Gasteiger partial charge in [-0.2, -0.15) is 5.10 Å². The van der Waals surface area contributed by atoms with Crippen LogP contribution in [0.5, 0.6) is 0 Å². The zero-order chi connectivity index (χ0) is 20.2. The molecule has 0 N–H and O–H groups in total. The molecule has 0 radical (unpaired) electrons. The fourth-order valence-corrected chi connectivity index (χ4v) is 5.65. The highest BCUT2D eigenvalue weighted by Gasteiger charge is 2.48. The molecule has 0 saturated heterocycles. The molecule has 0 bridgehead atoms. The Bertz CT molecular complexity index is 1030. The number of hydrogen-bond acceptors (Lipinski definition) is 3. The predicted molar refractivity (Wildman–Crippen MR) is 109 cm³/mol. The summed E-state index contributed by atoms with van der Waals surface area (Å²) in [5.74, 6) is -0.0746. The molecule has 0 spiro atoms. The molecule has 3 aliphatic rings. The van der Waals surface area contributed by atoms with Crippen molar-refractivity contribution >= 4 is 12.0 Å². The number of fused-ring (bicyclic) bond motifs is 4. The lowest BCUT2D eigenvalue weighted by molar-refractivity contribution is -0.147. The van der Waals surface area contributed by atoms with Crippen LogP contribution in [0.4, 0.5) is 4.39 Å². The van der Waals surface area contributed by atoms with E-state index in [4.69, 9.17) is 4.74 Å². The molecule has 4 nitrogen and oxygen atoms in total. The number of hydrogen-bond donors (Lipinski definition) is 0. The van der Waals surface area contributed by atoms with Crippen LogP contribution in [-0.4, -0.2) is 22.9 Å². The molecule has 0 aliphatic heterocycles. The van der Waals surface area contributed by atoms with E-state index < -0.39 is 0 Å². The van der Waals surface area contributed by atoms with Gasteiger partial charge in [-0.25, -0.2) is 9.07 Å². The Labute approximate surface area is 170 Å². The number of carbonyl (C=O) groups is 1. The smallest absolute Gasteiger partial charge is 0.309 e.